The van der Waals surface area contributed by atoms with E-state index < -0.39 is 0 Å². The molecular weight excluding hydrogens is 220 g/mol. The van der Waals surface area contributed by atoms with Crippen LogP contribution in [0.25, 0.3) is 0 Å². The Morgan fingerprint density at radius 1 is 1.31 bits per heavy atom. The lowest BCUT2D eigenvalue weighted by Gasteiger charge is -2.18. The van der Waals surface area contributed by atoms with Crippen molar-refractivity contribution in [1.82, 2.24) is 0 Å². The molecule has 0 bridgehead atoms. The fourth-order valence-electron chi connectivity index (χ4n) is 1.91. The lowest BCUT2D eigenvalue weighted by Crippen LogP contribution is -2.12. The van der Waals surface area contributed by atoms with Gasteiger partial charge in [0.15, 0.2) is 0 Å². The number of nitrogens with zero attached hydrogens (tertiary/aromatic N) is 1. The Hall–Kier alpha value is -1.02. The highest BCUT2D eigenvalue weighted by Crippen LogP contribution is 2.22. The minimum absolute atomic E-state index is 0.738. The summed E-state index contributed by atoms with van der Waals surface area (Å²) in [6.45, 7) is 2.31. The molecule has 0 aliphatic heterocycles. The highest BCUT2D eigenvalue weighted by atomic mass is 35.5. The molecular formula is C13H17ClN2. The van der Waals surface area contributed by atoms with E-state index >= 15 is 0 Å². The van der Waals surface area contributed by atoms with Gasteiger partial charge in [0.1, 0.15) is 0 Å². The van der Waals surface area contributed by atoms with E-state index in [2.05, 4.69) is 17.5 Å². The summed E-state index contributed by atoms with van der Waals surface area (Å²) in [5.74, 6) is 0.852. The zero-order valence-electron chi connectivity index (χ0n) is 9.54. The summed E-state index contributed by atoms with van der Waals surface area (Å²) in [5, 5.41) is 5.18. The Bertz CT molecular complexity index is 377. The Morgan fingerprint density at radius 3 is 2.75 bits per heavy atom. The average molecular weight is 237 g/mol. The molecule has 1 fully saturated rings. The maximum atomic E-state index is 5.90. The molecule has 86 valence electrons. The first-order valence-electron chi connectivity index (χ1n) is 5.81. The van der Waals surface area contributed by atoms with Gasteiger partial charge in [-0.1, -0.05) is 24.6 Å². The minimum atomic E-state index is 0.738. The van der Waals surface area contributed by atoms with E-state index in [1.165, 1.54) is 18.6 Å². The number of anilines is 1. The normalized spacial score (nSPS) is 20.6. The van der Waals surface area contributed by atoms with Crippen molar-refractivity contribution in [3.8, 4) is 0 Å². The highest BCUT2D eigenvalue weighted by Gasteiger charge is 2.13. The monoisotopic (exact) mass is 236 g/mol. The second-order valence-electron chi connectivity index (χ2n) is 4.48. The average Bonchev–Trinajstić information content (AvgIpc) is 2.28. The largest absolute Gasteiger partial charge is 0.279 e. The molecule has 0 spiro atoms. The van der Waals surface area contributed by atoms with Gasteiger partial charge in [-0.25, -0.2) is 0 Å². The summed E-state index contributed by atoms with van der Waals surface area (Å²) in [7, 11) is 0. The number of hydrogen-bond donors (Lipinski definition) is 1. The van der Waals surface area contributed by atoms with Gasteiger partial charge >= 0.3 is 0 Å². The van der Waals surface area contributed by atoms with Crippen LogP contribution in [0.3, 0.4) is 0 Å². The first kappa shape index (κ1) is 11.5. The molecule has 1 aliphatic rings. The topological polar surface area (TPSA) is 24.4 Å². The molecule has 1 aromatic carbocycles. The van der Waals surface area contributed by atoms with Gasteiger partial charge in [-0.15, -0.1) is 0 Å². The maximum Gasteiger partial charge on any atom is 0.0576 e. The second kappa shape index (κ2) is 5.35. The van der Waals surface area contributed by atoms with Crippen molar-refractivity contribution >= 4 is 23.0 Å². The summed E-state index contributed by atoms with van der Waals surface area (Å²) < 4.78 is 0. The molecule has 0 unspecified atom stereocenters. The van der Waals surface area contributed by atoms with E-state index in [0.717, 1.165) is 29.5 Å². The van der Waals surface area contributed by atoms with Crippen LogP contribution in [0.1, 0.15) is 32.6 Å². The first-order valence-corrected chi connectivity index (χ1v) is 6.19. The van der Waals surface area contributed by atoms with Crippen LogP contribution in [0.15, 0.2) is 29.4 Å². The van der Waals surface area contributed by atoms with Crippen LogP contribution in [0.5, 0.6) is 0 Å². The molecule has 1 saturated carbocycles. The molecule has 1 N–H and O–H groups in total. The van der Waals surface area contributed by atoms with E-state index in [4.69, 9.17) is 11.6 Å². The highest BCUT2D eigenvalue weighted by molar-refractivity contribution is 6.30. The molecule has 2 rings (SSSR count). The Morgan fingerprint density at radius 2 is 2.06 bits per heavy atom. The molecule has 0 saturated heterocycles. The zero-order chi connectivity index (χ0) is 11.4. The molecule has 0 heterocycles. The number of hydrazone groups is 1. The lowest BCUT2D eigenvalue weighted by molar-refractivity contribution is 0.483. The molecule has 0 radical (unpaired) electrons. The molecule has 3 heteroatoms. The van der Waals surface area contributed by atoms with E-state index in [-0.39, 0.29) is 0 Å². The van der Waals surface area contributed by atoms with Crippen molar-refractivity contribution in [2.45, 2.75) is 32.6 Å². The van der Waals surface area contributed by atoms with E-state index in [9.17, 15) is 0 Å². The molecule has 0 atom stereocenters. The van der Waals surface area contributed by atoms with Gasteiger partial charge < -0.3 is 0 Å². The summed E-state index contributed by atoms with van der Waals surface area (Å²) in [4.78, 5) is 0. The van der Waals surface area contributed by atoms with Gasteiger partial charge in [-0.2, -0.15) is 5.10 Å². The predicted octanol–water partition coefficient (Wildman–Crippen LogP) is 4.32. The third-order valence-electron chi connectivity index (χ3n) is 3.02. The van der Waals surface area contributed by atoms with Gasteiger partial charge in [0.05, 0.1) is 5.69 Å². The molecule has 0 amide bonds. The molecule has 0 aromatic heterocycles. The number of nitrogens with one attached hydrogen (secondary N) is 1. The minimum Gasteiger partial charge on any atom is -0.279 e. The number of halogens is 1. The van der Waals surface area contributed by atoms with Crippen LogP contribution in [0, 0.1) is 5.92 Å². The van der Waals surface area contributed by atoms with Crippen LogP contribution in [0.4, 0.5) is 5.69 Å². The molecule has 1 aromatic rings. The van der Waals surface area contributed by atoms with E-state index in [1.807, 2.05) is 24.3 Å². The summed E-state index contributed by atoms with van der Waals surface area (Å²) in [6, 6.07) is 7.65. The van der Waals surface area contributed by atoms with Gasteiger partial charge in [0, 0.05) is 10.7 Å². The SMILES string of the molecule is CC1CCC(=NNc2cccc(Cl)c2)CC1. The van der Waals surface area contributed by atoms with Crippen molar-refractivity contribution in [3.63, 3.8) is 0 Å². The fraction of sp³-hybridized carbons (Fsp3) is 0.462. The zero-order valence-corrected chi connectivity index (χ0v) is 10.3. The molecule has 2 nitrogen and oxygen atoms in total. The van der Waals surface area contributed by atoms with Crippen LogP contribution >= 0.6 is 11.6 Å². The van der Waals surface area contributed by atoms with Crippen molar-refractivity contribution in [2.75, 3.05) is 5.43 Å². The Kier molecular flexibility index (Phi) is 3.83. The summed E-state index contributed by atoms with van der Waals surface area (Å²) in [5.41, 5.74) is 5.31. The standard InChI is InChI=1S/C13H17ClN2/c1-10-5-7-12(8-6-10)15-16-13-4-2-3-11(14)9-13/h2-4,9-10,16H,5-8H2,1H3. The van der Waals surface area contributed by atoms with Crippen LogP contribution in [0.2, 0.25) is 5.02 Å². The van der Waals surface area contributed by atoms with Crippen LogP contribution in [-0.2, 0) is 0 Å². The van der Waals surface area contributed by atoms with Gasteiger partial charge in [0.25, 0.3) is 0 Å². The Labute approximate surface area is 102 Å². The number of benzene rings is 1. The fourth-order valence-corrected chi connectivity index (χ4v) is 2.10. The van der Waals surface area contributed by atoms with Crippen LogP contribution in [-0.4, -0.2) is 5.71 Å². The second-order valence-corrected chi connectivity index (χ2v) is 4.92. The number of rotatable bonds is 2. The van der Waals surface area contributed by atoms with Crippen molar-refractivity contribution < 1.29 is 0 Å². The van der Waals surface area contributed by atoms with Crippen molar-refractivity contribution in [3.05, 3.63) is 29.3 Å². The van der Waals surface area contributed by atoms with E-state index in [1.54, 1.807) is 0 Å². The van der Waals surface area contributed by atoms with Gasteiger partial charge in [-0.05, 0) is 49.8 Å². The number of hydrogen-bond acceptors (Lipinski definition) is 2. The van der Waals surface area contributed by atoms with Crippen molar-refractivity contribution in [2.24, 2.45) is 11.0 Å². The quantitative estimate of drug-likeness (QED) is 0.760. The molecule has 16 heavy (non-hydrogen) atoms. The third kappa shape index (κ3) is 3.24. The maximum absolute atomic E-state index is 5.90. The van der Waals surface area contributed by atoms with Crippen LogP contribution < -0.4 is 5.43 Å². The Balaban J connectivity index is 1.93. The first-order chi connectivity index (χ1) is 7.74. The van der Waals surface area contributed by atoms with E-state index in [0.29, 0.717) is 0 Å². The van der Waals surface area contributed by atoms with Gasteiger partial charge in [0.2, 0.25) is 0 Å². The predicted molar refractivity (Wildman–Crippen MR) is 70.1 cm³/mol. The van der Waals surface area contributed by atoms with Crippen molar-refractivity contribution in [1.29, 1.82) is 0 Å². The van der Waals surface area contributed by atoms with Gasteiger partial charge in [-0.3, -0.25) is 5.43 Å². The summed E-state index contributed by atoms with van der Waals surface area (Å²) in [6.07, 6.45) is 4.76. The summed E-state index contributed by atoms with van der Waals surface area (Å²) >= 11 is 5.90. The third-order valence-corrected chi connectivity index (χ3v) is 3.25. The molecule has 1 aliphatic carbocycles. The lowest BCUT2D eigenvalue weighted by atomic mass is 9.90. The smallest absolute Gasteiger partial charge is 0.0576 e.